The number of hydrogen-bond acceptors (Lipinski definition) is 2. The van der Waals surface area contributed by atoms with E-state index in [4.69, 9.17) is 0 Å². The van der Waals surface area contributed by atoms with Crippen LogP contribution in [0.3, 0.4) is 0 Å². The van der Waals surface area contributed by atoms with E-state index in [0.29, 0.717) is 0 Å². The molecule has 0 fully saturated rings. The minimum atomic E-state index is 1.20. The molecule has 0 amide bonds. The number of rotatable bonds is 5. The number of aryl methyl sites for hydroxylation is 1. The molecule has 0 spiro atoms. The second-order valence-corrected chi connectivity index (χ2v) is 12.1. The second-order valence-electron chi connectivity index (χ2n) is 9.93. The van der Waals surface area contributed by atoms with Crippen molar-refractivity contribution >= 4 is 33.4 Å². The third kappa shape index (κ3) is 2.86. The zero-order chi connectivity index (χ0) is 23.8. The normalized spacial score (nSPS) is 12.4. The van der Waals surface area contributed by atoms with Gasteiger partial charge >= 0.3 is 0 Å². The van der Waals surface area contributed by atoms with Crippen molar-refractivity contribution in [1.29, 1.82) is 0 Å². The fourth-order valence-electron chi connectivity index (χ4n) is 6.03. The first-order valence-electron chi connectivity index (χ1n) is 12.8. The van der Waals surface area contributed by atoms with E-state index in [-0.39, 0.29) is 0 Å². The van der Waals surface area contributed by atoms with Gasteiger partial charge in [0.25, 0.3) is 0 Å². The number of hydrogen-bond donors (Lipinski definition) is 0. The third-order valence-corrected chi connectivity index (χ3v) is 10.2. The van der Waals surface area contributed by atoms with Crippen molar-refractivity contribution < 1.29 is 0 Å². The van der Waals surface area contributed by atoms with Crippen LogP contribution < -0.4 is 0 Å². The lowest BCUT2D eigenvalue weighted by atomic mass is 9.97. The summed E-state index contributed by atoms with van der Waals surface area (Å²) >= 11 is 3.95. The number of benzene rings is 4. The minimum absolute atomic E-state index is 1.20. The Bertz CT molecular complexity index is 1710. The van der Waals surface area contributed by atoms with Crippen LogP contribution in [0, 0.1) is 0 Å². The predicted molar refractivity (Wildman–Crippen MR) is 158 cm³/mol. The Morgan fingerprint density at radius 1 is 0.528 bits per heavy atom. The van der Waals surface area contributed by atoms with Crippen molar-refractivity contribution in [2.75, 3.05) is 0 Å². The highest BCUT2D eigenvalue weighted by Gasteiger charge is 2.31. The summed E-state index contributed by atoms with van der Waals surface area (Å²) in [7, 11) is 0. The molecule has 36 heavy (non-hydrogen) atoms. The zero-order valence-corrected chi connectivity index (χ0v) is 21.7. The van der Waals surface area contributed by atoms with Crippen LogP contribution in [0.1, 0.15) is 24.6 Å². The molecular formula is C34H24S2. The number of fused-ring (bicyclic) bond motifs is 6. The lowest BCUT2D eigenvalue weighted by molar-refractivity contribution is 0.804. The highest BCUT2D eigenvalue weighted by atomic mass is 32.1. The quantitative estimate of drug-likeness (QED) is 0.222. The Kier molecular flexibility index (Phi) is 4.47. The SMILES string of the molecule is CCCCc1cc2c(s1)-c1ccc3c4c(ccc-2c14)-c1cc(-c2ccc(-c4ccccc4)cc2)sc1-3. The van der Waals surface area contributed by atoms with Gasteiger partial charge in [-0.15, -0.1) is 22.7 Å². The predicted octanol–water partition coefficient (Wildman–Crippen LogP) is 10.9. The fraction of sp³-hybridized carbons (Fsp3) is 0.118. The monoisotopic (exact) mass is 496 g/mol. The molecule has 6 aromatic rings. The van der Waals surface area contributed by atoms with Crippen molar-refractivity contribution in [3.63, 3.8) is 0 Å². The van der Waals surface area contributed by atoms with Crippen LogP contribution in [-0.4, -0.2) is 0 Å². The molecule has 2 heteroatoms. The van der Waals surface area contributed by atoms with Crippen LogP contribution in [0.25, 0.3) is 75.5 Å². The maximum absolute atomic E-state index is 2.47. The maximum Gasteiger partial charge on any atom is 0.0434 e. The molecule has 2 aliphatic carbocycles. The highest BCUT2D eigenvalue weighted by molar-refractivity contribution is 7.19. The van der Waals surface area contributed by atoms with Crippen LogP contribution in [-0.2, 0) is 6.42 Å². The van der Waals surface area contributed by atoms with Crippen molar-refractivity contribution in [2.24, 2.45) is 0 Å². The molecule has 172 valence electrons. The van der Waals surface area contributed by atoms with E-state index < -0.39 is 0 Å². The topological polar surface area (TPSA) is 0 Å². The molecule has 0 atom stereocenters. The molecule has 0 radical (unpaired) electrons. The zero-order valence-electron chi connectivity index (χ0n) is 20.1. The van der Waals surface area contributed by atoms with Gasteiger partial charge in [0.2, 0.25) is 0 Å². The second kappa shape index (κ2) is 7.77. The van der Waals surface area contributed by atoms with E-state index in [0.717, 1.165) is 0 Å². The van der Waals surface area contributed by atoms with Crippen LogP contribution in [0.15, 0.2) is 91.0 Å². The van der Waals surface area contributed by atoms with Crippen molar-refractivity contribution in [3.8, 4) is 64.7 Å². The van der Waals surface area contributed by atoms with Gasteiger partial charge in [-0.1, -0.05) is 92.2 Å². The lowest BCUT2D eigenvalue weighted by Gasteiger charge is -2.07. The Morgan fingerprint density at radius 3 is 1.81 bits per heavy atom. The molecule has 0 saturated heterocycles. The summed E-state index contributed by atoms with van der Waals surface area (Å²) in [6.07, 6.45) is 3.73. The Morgan fingerprint density at radius 2 is 1.11 bits per heavy atom. The maximum atomic E-state index is 2.47. The summed E-state index contributed by atoms with van der Waals surface area (Å²) in [5.74, 6) is 0. The van der Waals surface area contributed by atoms with E-state index in [1.165, 1.54) is 99.6 Å². The molecule has 0 N–H and O–H groups in total. The van der Waals surface area contributed by atoms with Gasteiger partial charge in [0.15, 0.2) is 0 Å². The Balaban J connectivity index is 1.20. The van der Waals surface area contributed by atoms with Gasteiger partial charge in [0.1, 0.15) is 0 Å². The third-order valence-electron chi connectivity index (χ3n) is 7.80. The summed E-state index contributed by atoms with van der Waals surface area (Å²) in [6, 6.07) is 34.1. The molecule has 4 aromatic carbocycles. The minimum Gasteiger partial charge on any atom is -0.140 e. The van der Waals surface area contributed by atoms with E-state index >= 15 is 0 Å². The summed E-state index contributed by atoms with van der Waals surface area (Å²) in [5, 5.41) is 2.95. The van der Waals surface area contributed by atoms with Crippen molar-refractivity contribution in [1.82, 2.24) is 0 Å². The van der Waals surface area contributed by atoms with E-state index in [1.807, 2.05) is 22.7 Å². The molecule has 0 nitrogen and oxygen atoms in total. The largest absolute Gasteiger partial charge is 0.140 e. The van der Waals surface area contributed by atoms with Gasteiger partial charge in [0.05, 0.1) is 0 Å². The molecule has 0 saturated carbocycles. The first kappa shape index (κ1) is 20.7. The van der Waals surface area contributed by atoms with Crippen LogP contribution >= 0.6 is 22.7 Å². The van der Waals surface area contributed by atoms with Gasteiger partial charge in [-0.3, -0.25) is 0 Å². The van der Waals surface area contributed by atoms with Gasteiger partial charge in [0, 0.05) is 41.8 Å². The molecule has 0 bridgehead atoms. The van der Waals surface area contributed by atoms with Crippen LogP contribution in [0.4, 0.5) is 0 Å². The summed E-state index contributed by atoms with van der Waals surface area (Å²) in [6.45, 7) is 2.28. The molecular weight excluding hydrogens is 473 g/mol. The number of unbranched alkanes of at least 4 members (excludes halogenated alkanes) is 1. The van der Waals surface area contributed by atoms with Crippen molar-refractivity contribution in [3.05, 3.63) is 95.9 Å². The van der Waals surface area contributed by atoms with Crippen LogP contribution in [0.5, 0.6) is 0 Å². The standard InChI is InChI=1S/C34H24S2/c1-2-3-9-23-18-28-24-14-15-25-29-19-30(22-12-10-21(11-13-22)20-7-5-4-6-8-20)36-34(29)27-17-16-26(33(28)35-23)31(24)32(25)27/h4-8,10-19H,2-3,9H2,1H3. The molecule has 2 aliphatic rings. The fourth-order valence-corrected chi connectivity index (χ4v) is 8.48. The number of thiophene rings is 2. The van der Waals surface area contributed by atoms with E-state index in [2.05, 4.69) is 97.9 Å². The highest BCUT2D eigenvalue weighted by Crippen LogP contribution is 2.60. The average Bonchev–Trinajstić information content (AvgIpc) is 3.67. The lowest BCUT2D eigenvalue weighted by Crippen LogP contribution is -1.81. The van der Waals surface area contributed by atoms with Gasteiger partial charge in [-0.25, -0.2) is 0 Å². The Hall–Kier alpha value is -3.46. The summed E-state index contributed by atoms with van der Waals surface area (Å²) < 4.78 is 0. The molecule has 2 heterocycles. The molecule has 0 aliphatic heterocycles. The van der Waals surface area contributed by atoms with E-state index in [9.17, 15) is 0 Å². The molecule has 0 unspecified atom stereocenters. The average molecular weight is 497 g/mol. The van der Waals surface area contributed by atoms with Gasteiger partial charge in [-0.05, 0) is 63.6 Å². The molecule has 2 aromatic heterocycles. The van der Waals surface area contributed by atoms with Gasteiger partial charge < -0.3 is 0 Å². The smallest absolute Gasteiger partial charge is 0.0434 e. The van der Waals surface area contributed by atoms with E-state index in [1.54, 1.807) is 0 Å². The first-order valence-corrected chi connectivity index (χ1v) is 14.5. The summed E-state index contributed by atoms with van der Waals surface area (Å²) in [4.78, 5) is 5.79. The van der Waals surface area contributed by atoms with Crippen molar-refractivity contribution in [2.45, 2.75) is 26.2 Å². The Labute approximate surface area is 219 Å². The van der Waals surface area contributed by atoms with Gasteiger partial charge in [-0.2, -0.15) is 0 Å². The van der Waals surface area contributed by atoms with Crippen LogP contribution in [0.2, 0.25) is 0 Å². The molecule has 8 rings (SSSR count). The first-order chi connectivity index (χ1) is 17.8. The summed E-state index contributed by atoms with van der Waals surface area (Å²) in [5.41, 5.74) is 12.4.